The van der Waals surface area contributed by atoms with E-state index in [2.05, 4.69) is 30.0 Å². The van der Waals surface area contributed by atoms with E-state index >= 15 is 0 Å². The fourth-order valence-electron chi connectivity index (χ4n) is 3.00. The fourth-order valence-corrected chi connectivity index (χ4v) is 3.85. The molecule has 1 aliphatic rings. The first-order valence-corrected chi connectivity index (χ1v) is 8.62. The Balaban J connectivity index is 2.35. The Morgan fingerprint density at radius 1 is 1.35 bits per heavy atom. The Morgan fingerprint density at radius 3 is 2.90 bits per heavy atom. The number of hydrogen-bond donors (Lipinski definition) is 2. The molecule has 0 radical (unpaired) electrons. The second-order valence-corrected chi connectivity index (χ2v) is 6.58. The van der Waals surface area contributed by atoms with Crippen LogP contribution in [0, 0.1) is 0 Å². The molecule has 112 valence electrons. The maximum absolute atomic E-state index is 9.71. The summed E-state index contributed by atoms with van der Waals surface area (Å²) in [6, 6.07) is 6.68. The van der Waals surface area contributed by atoms with Gasteiger partial charge >= 0.3 is 0 Å². The SMILES string of the molecule is CCSc1cccc(N2CCCCCC2CO)c1CN. The van der Waals surface area contributed by atoms with E-state index in [-0.39, 0.29) is 12.6 Å². The van der Waals surface area contributed by atoms with Gasteiger partial charge in [-0.05, 0) is 30.7 Å². The van der Waals surface area contributed by atoms with Crippen LogP contribution in [0.3, 0.4) is 0 Å². The first-order valence-electron chi connectivity index (χ1n) is 7.64. The van der Waals surface area contributed by atoms with Crippen molar-refractivity contribution in [3.8, 4) is 0 Å². The van der Waals surface area contributed by atoms with Crippen molar-refractivity contribution in [3.05, 3.63) is 23.8 Å². The zero-order valence-electron chi connectivity index (χ0n) is 12.3. The van der Waals surface area contributed by atoms with Crippen LogP contribution in [0.5, 0.6) is 0 Å². The molecule has 1 atom stereocenters. The maximum atomic E-state index is 9.71. The minimum Gasteiger partial charge on any atom is -0.394 e. The van der Waals surface area contributed by atoms with E-state index in [1.165, 1.54) is 35.4 Å². The zero-order chi connectivity index (χ0) is 14.4. The standard InChI is InChI=1S/C16H26N2OS/c1-2-20-16-9-6-8-15(14(16)11-17)18-10-5-3-4-7-13(18)12-19/h6,8-9,13,19H,2-5,7,10-12,17H2,1H3. The third kappa shape index (κ3) is 3.48. The highest BCUT2D eigenvalue weighted by molar-refractivity contribution is 7.99. The van der Waals surface area contributed by atoms with Gasteiger partial charge in [0.2, 0.25) is 0 Å². The molecule has 1 aliphatic heterocycles. The fraction of sp³-hybridized carbons (Fsp3) is 0.625. The smallest absolute Gasteiger partial charge is 0.0635 e. The molecular weight excluding hydrogens is 268 g/mol. The Hall–Kier alpha value is -0.710. The molecule has 1 aromatic rings. The largest absolute Gasteiger partial charge is 0.394 e. The highest BCUT2D eigenvalue weighted by Gasteiger charge is 2.23. The lowest BCUT2D eigenvalue weighted by molar-refractivity contribution is 0.255. The second kappa shape index (κ2) is 7.91. The van der Waals surface area contributed by atoms with Gasteiger partial charge in [-0.3, -0.25) is 0 Å². The van der Waals surface area contributed by atoms with E-state index in [1.54, 1.807) is 0 Å². The Kier molecular flexibility index (Phi) is 6.20. The Morgan fingerprint density at radius 2 is 2.20 bits per heavy atom. The molecule has 0 aliphatic carbocycles. The first-order chi connectivity index (χ1) is 9.81. The molecule has 20 heavy (non-hydrogen) atoms. The highest BCUT2D eigenvalue weighted by Crippen LogP contribution is 2.33. The summed E-state index contributed by atoms with van der Waals surface area (Å²) < 4.78 is 0. The molecule has 0 aromatic heterocycles. The van der Waals surface area contributed by atoms with E-state index in [4.69, 9.17) is 5.73 Å². The van der Waals surface area contributed by atoms with Gasteiger partial charge in [0.25, 0.3) is 0 Å². The molecule has 1 heterocycles. The number of aliphatic hydroxyl groups is 1. The average molecular weight is 294 g/mol. The van der Waals surface area contributed by atoms with Crippen LogP contribution in [0.15, 0.2) is 23.1 Å². The molecular formula is C16H26N2OS. The van der Waals surface area contributed by atoms with Gasteiger partial charge in [0.1, 0.15) is 0 Å². The number of nitrogens with zero attached hydrogens (tertiary/aromatic N) is 1. The number of thioether (sulfide) groups is 1. The summed E-state index contributed by atoms with van der Waals surface area (Å²) in [5.74, 6) is 1.06. The molecule has 3 N–H and O–H groups in total. The van der Waals surface area contributed by atoms with E-state index in [0.717, 1.165) is 18.7 Å². The predicted molar refractivity (Wildman–Crippen MR) is 87.4 cm³/mol. The molecule has 2 rings (SSSR count). The lowest BCUT2D eigenvalue weighted by Crippen LogP contribution is -2.38. The van der Waals surface area contributed by atoms with E-state index in [0.29, 0.717) is 6.54 Å². The van der Waals surface area contributed by atoms with Crippen LogP contribution in [0.2, 0.25) is 0 Å². The summed E-state index contributed by atoms with van der Waals surface area (Å²) in [5, 5.41) is 9.71. The van der Waals surface area contributed by atoms with Gasteiger partial charge in [0.05, 0.1) is 12.6 Å². The number of anilines is 1. The summed E-state index contributed by atoms with van der Waals surface area (Å²) in [7, 11) is 0. The van der Waals surface area contributed by atoms with Gasteiger partial charge in [-0.15, -0.1) is 11.8 Å². The van der Waals surface area contributed by atoms with Crippen molar-refractivity contribution in [3.63, 3.8) is 0 Å². The molecule has 0 spiro atoms. The van der Waals surface area contributed by atoms with Crippen molar-refractivity contribution < 1.29 is 5.11 Å². The van der Waals surface area contributed by atoms with Crippen molar-refractivity contribution in [2.45, 2.75) is 50.1 Å². The zero-order valence-corrected chi connectivity index (χ0v) is 13.2. The maximum Gasteiger partial charge on any atom is 0.0635 e. The molecule has 4 heteroatoms. The van der Waals surface area contributed by atoms with Gasteiger partial charge in [0, 0.05) is 29.2 Å². The van der Waals surface area contributed by atoms with Gasteiger partial charge in [-0.25, -0.2) is 0 Å². The first kappa shape index (κ1) is 15.7. The molecule has 1 aromatic carbocycles. The molecule has 0 amide bonds. The summed E-state index contributed by atoms with van der Waals surface area (Å²) in [6.45, 7) is 3.99. The summed E-state index contributed by atoms with van der Waals surface area (Å²) >= 11 is 1.85. The average Bonchev–Trinajstić information content (AvgIpc) is 2.72. The highest BCUT2D eigenvalue weighted by atomic mass is 32.2. The summed E-state index contributed by atoms with van der Waals surface area (Å²) in [5.41, 5.74) is 8.48. The number of rotatable bonds is 5. The van der Waals surface area contributed by atoms with Crippen LogP contribution in [0.25, 0.3) is 0 Å². The van der Waals surface area contributed by atoms with Crippen molar-refractivity contribution in [2.75, 3.05) is 23.8 Å². The number of hydrogen-bond acceptors (Lipinski definition) is 4. The molecule has 0 bridgehead atoms. The van der Waals surface area contributed by atoms with Crippen LogP contribution < -0.4 is 10.6 Å². The third-order valence-corrected chi connectivity index (χ3v) is 4.99. The normalized spacial score (nSPS) is 19.9. The minimum absolute atomic E-state index is 0.231. The van der Waals surface area contributed by atoms with Crippen molar-refractivity contribution in [2.24, 2.45) is 5.73 Å². The van der Waals surface area contributed by atoms with E-state index < -0.39 is 0 Å². The van der Waals surface area contributed by atoms with Crippen molar-refractivity contribution in [1.29, 1.82) is 0 Å². The Labute approximate surface area is 126 Å². The second-order valence-electron chi connectivity index (χ2n) is 5.27. The predicted octanol–water partition coefficient (Wildman–Crippen LogP) is 3.00. The van der Waals surface area contributed by atoms with Gasteiger partial charge < -0.3 is 15.7 Å². The van der Waals surface area contributed by atoms with Crippen LogP contribution in [0.1, 0.15) is 38.2 Å². The van der Waals surface area contributed by atoms with E-state index in [9.17, 15) is 5.11 Å². The van der Waals surface area contributed by atoms with Gasteiger partial charge in [-0.2, -0.15) is 0 Å². The quantitative estimate of drug-likeness (QED) is 0.820. The van der Waals surface area contributed by atoms with Crippen molar-refractivity contribution in [1.82, 2.24) is 0 Å². The van der Waals surface area contributed by atoms with Crippen molar-refractivity contribution >= 4 is 17.4 Å². The molecule has 3 nitrogen and oxygen atoms in total. The minimum atomic E-state index is 0.231. The van der Waals surface area contributed by atoms with Crippen LogP contribution in [-0.4, -0.2) is 30.1 Å². The Bertz CT molecular complexity index is 425. The number of benzene rings is 1. The molecule has 1 unspecified atom stereocenters. The number of aliphatic hydroxyl groups excluding tert-OH is 1. The van der Waals surface area contributed by atoms with Crippen LogP contribution >= 0.6 is 11.8 Å². The van der Waals surface area contributed by atoms with Crippen LogP contribution in [-0.2, 0) is 6.54 Å². The summed E-state index contributed by atoms with van der Waals surface area (Å²) in [4.78, 5) is 3.67. The molecule has 1 fully saturated rings. The molecule has 0 saturated carbocycles. The monoisotopic (exact) mass is 294 g/mol. The van der Waals surface area contributed by atoms with Gasteiger partial charge in [0.15, 0.2) is 0 Å². The van der Waals surface area contributed by atoms with Crippen LogP contribution in [0.4, 0.5) is 5.69 Å². The summed E-state index contributed by atoms with van der Waals surface area (Å²) in [6.07, 6.45) is 4.74. The van der Waals surface area contributed by atoms with E-state index in [1.807, 2.05) is 11.8 Å². The molecule has 1 saturated heterocycles. The third-order valence-electron chi connectivity index (χ3n) is 4.01. The lowest BCUT2D eigenvalue weighted by atomic mass is 10.1. The lowest BCUT2D eigenvalue weighted by Gasteiger charge is -2.33. The topological polar surface area (TPSA) is 49.5 Å². The van der Waals surface area contributed by atoms with Gasteiger partial charge in [-0.1, -0.05) is 25.8 Å². The number of nitrogens with two attached hydrogens (primary N) is 1.